The van der Waals surface area contributed by atoms with Gasteiger partial charge in [0.2, 0.25) is 11.8 Å². The van der Waals surface area contributed by atoms with Crippen LogP contribution >= 0.6 is 0 Å². The van der Waals surface area contributed by atoms with Crippen molar-refractivity contribution in [2.45, 2.75) is 51.6 Å². The lowest BCUT2D eigenvalue weighted by molar-refractivity contribution is -0.896. The molecule has 2 aliphatic rings. The lowest BCUT2D eigenvalue weighted by Crippen LogP contribution is -3.11. The van der Waals surface area contributed by atoms with Gasteiger partial charge in [-0.1, -0.05) is 48.5 Å². The molecule has 0 radical (unpaired) electrons. The van der Waals surface area contributed by atoms with Crippen molar-refractivity contribution in [2.75, 3.05) is 32.7 Å². The number of nitrogens with one attached hydrogen (secondary N) is 2. The Morgan fingerprint density at radius 3 is 2.51 bits per heavy atom. The Morgan fingerprint density at radius 2 is 1.74 bits per heavy atom. The Hall–Kier alpha value is -3.12. The van der Waals surface area contributed by atoms with Crippen molar-refractivity contribution in [1.29, 1.82) is 0 Å². The van der Waals surface area contributed by atoms with E-state index >= 15 is 0 Å². The number of aromatic nitrogens is 1. The number of H-pyrrole nitrogens is 1. The van der Waals surface area contributed by atoms with Crippen molar-refractivity contribution in [1.82, 2.24) is 14.8 Å². The number of fused-ring (bicyclic) bond motifs is 4. The van der Waals surface area contributed by atoms with E-state index in [9.17, 15) is 9.59 Å². The van der Waals surface area contributed by atoms with Crippen LogP contribution in [0.3, 0.4) is 0 Å². The summed E-state index contributed by atoms with van der Waals surface area (Å²) in [4.78, 5) is 36.2. The van der Waals surface area contributed by atoms with Crippen LogP contribution in [0.5, 0.6) is 0 Å². The number of aryl methyl sites for hydroxylation is 1. The molecular formula is C29H37N4O2+. The molecule has 1 fully saturated rings. The number of benzene rings is 2. The number of para-hydroxylation sites is 1. The van der Waals surface area contributed by atoms with Crippen LogP contribution in [0.15, 0.2) is 54.6 Å². The quantitative estimate of drug-likeness (QED) is 0.502. The van der Waals surface area contributed by atoms with Gasteiger partial charge in [-0.15, -0.1) is 0 Å². The van der Waals surface area contributed by atoms with Gasteiger partial charge in [0, 0.05) is 36.0 Å². The number of piperazine rings is 1. The third-order valence-corrected chi connectivity index (χ3v) is 7.97. The molecule has 6 heteroatoms. The molecule has 0 spiro atoms. The van der Waals surface area contributed by atoms with E-state index in [0.717, 1.165) is 50.1 Å². The van der Waals surface area contributed by atoms with E-state index in [-0.39, 0.29) is 24.4 Å². The highest BCUT2D eigenvalue weighted by Gasteiger charge is 2.47. The molecule has 0 saturated carbocycles. The number of hydrogen-bond acceptors (Lipinski definition) is 2. The van der Waals surface area contributed by atoms with Crippen LogP contribution in [0.25, 0.3) is 10.9 Å². The molecule has 6 nitrogen and oxygen atoms in total. The number of nitrogens with zero attached hydrogens (tertiary/aromatic N) is 2. The van der Waals surface area contributed by atoms with Crippen LogP contribution in [0.2, 0.25) is 0 Å². The molecule has 1 aromatic heterocycles. The minimum Gasteiger partial charge on any atom is -0.356 e. The zero-order valence-corrected chi connectivity index (χ0v) is 20.9. The first-order chi connectivity index (χ1) is 17.1. The lowest BCUT2D eigenvalue weighted by atomic mass is 9.86. The fourth-order valence-corrected chi connectivity index (χ4v) is 6.00. The maximum Gasteiger partial charge on any atom is 0.246 e. The zero-order valence-electron chi connectivity index (χ0n) is 20.9. The third kappa shape index (κ3) is 4.59. The maximum atomic E-state index is 13.7. The van der Waals surface area contributed by atoms with Gasteiger partial charge in [-0.3, -0.25) is 9.59 Å². The molecule has 1 saturated heterocycles. The van der Waals surface area contributed by atoms with Crippen molar-refractivity contribution < 1.29 is 14.5 Å². The average Bonchev–Trinajstić information content (AvgIpc) is 3.26. The molecule has 3 aromatic rings. The maximum absolute atomic E-state index is 13.7. The van der Waals surface area contributed by atoms with E-state index in [2.05, 4.69) is 61.3 Å². The van der Waals surface area contributed by atoms with Gasteiger partial charge in [-0.05, 0) is 43.9 Å². The van der Waals surface area contributed by atoms with Gasteiger partial charge in [0.1, 0.15) is 6.04 Å². The molecule has 2 aromatic carbocycles. The Kier molecular flexibility index (Phi) is 6.91. The van der Waals surface area contributed by atoms with Crippen LogP contribution in [0.4, 0.5) is 0 Å². The van der Waals surface area contributed by atoms with E-state index in [1.54, 1.807) is 0 Å². The summed E-state index contributed by atoms with van der Waals surface area (Å²) in [6.45, 7) is 8.46. The van der Waals surface area contributed by atoms with Crippen LogP contribution in [0.1, 0.15) is 49.6 Å². The molecule has 0 unspecified atom stereocenters. The summed E-state index contributed by atoms with van der Waals surface area (Å²) < 4.78 is 0. The first kappa shape index (κ1) is 23.6. The monoisotopic (exact) mass is 473 g/mol. The highest BCUT2D eigenvalue weighted by atomic mass is 16.2. The highest BCUT2D eigenvalue weighted by molar-refractivity contribution is 5.97. The second-order valence-electron chi connectivity index (χ2n) is 9.94. The average molecular weight is 474 g/mol. The summed E-state index contributed by atoms with van der Waals surface area (Å²) in [5.41, 5.74) is 4.65. The van der Waals surface area contributed by atoms with E-state index in [0.29, 0.717) is 13.0 Å². The summed E-state index contributed by atoms with van der Waals surface area (Å²) in [6, 6.07) is 18.2. The summed E-state index contributed by atoms with van der Waals surface area (Å²) in [5, 5.41) is 1.18. The number of carbonyl (C=O) groups is 2. The lowest BCUT2D eigenvalue weighted by Gasteiger charge is -2.47. The number of rotatable bonds is 9. The second kappa shape index (κ2) is 10.2. The number of amides is 2. The molecule has 2 atom stereocenters. The molecule has 2 N–H and O–H groups in total. The summed E-state index contributed by atoms with van der Waals surface area (Å²) in [5.74, 6) is 0.187. The zero-order chi connectivity index (χ0) is 24.4. The van der Waals surface area contributed by atoms with Gasteiger partial charge in [-0.25, -0.2) is 0 Å². The predicted octanol–water partition coefficient (Wildman–Crippen LogP) is 2.75. The van der Waals surface area contributed by atoms with E-state index in [4.69, 9.17) is 0 Å². The molecule has 0 aliphatic carbocycles. The predicted molar refractivity (Wildman–Crippen MR) is 138 cm³/mol. The molecule has 2 aliphatic heterocycles. The normalized spacial score (nSPS) is 20.0. The topological polar surface area (TPSA) is 60.9 Å². The molecule has 3 heterocycles. The second-order valence-corrected chi connectivity index (χ2v) is 9.94. The minimum atomic E-state index is -0.412. The molecular weight excluding hydrogens is 436 g/mol. The minimum absolute atomic E-state index is 0.0761. The molecule has 35 heavy (non-hydrogen) atoms. The number of aromatic amines is 1. The van der Waals surface area contributed by atoms with Crippen LogP contribution in [0, 0.1) is 0 Å². The number of quaternary nitrogens is 1. The SMILES string of the molecule is CC[NH+](CC)CCCN1CC(=O)N2[C@H](CCc3ccccc3)c3[nH]c4ccccc4c3C[C@H]2C1=O. The van der Waals surface area contributed by atoms with Crippen molar-refractivity contribution in [2.24, 2.45) is 0 Å². The van der Waals surface area contributed by atoms with Gasteiger partial charge in [-0.2, -0.15) is 0 Å². The molecule has 0 bridgehead atoms. The van der Waals surface area contributed by atoms with Crippen molar-refractivity contribution in [3.05, 3.63) is 71.4 Å². The standard InChI is InChI=1S/C29H36N4O2/c1-3-31(4-2)17-10-18-32-20-27(34)33-25(16-15-21-11-6-5-7-12-21)28-23(19-26(33)29(32)35)22-13-8-9-14-24(22)30-28/h5-9,11-14,25-26,30H,3-4,10,15-20H2,1-2H3/p+1/t25-,26+/m1/s1. The number of hydrogen-bond donors (Lipinski definition) is 2. The first-order valence-electron chi connectivity index (χ1n) is 13.2. The van der Waals surface area contributed by atoms with Gasteiger partial charge in [0.05, 0.1) is 32.2 Å². The van der Waals surface area contributed by atoms with Crippen LogP contribution in [-0.4, -0.2) is 65.4 Å². The van der Waals surface area contributed by atoms with Gasteiger partial charge in [0.15, 0.2) is 0 Å². The largest absolute Gasteiger partial charge is 0.356 e. The smallest absolute Gasteiger partial charge is 0.246 e. The van der Waals surface area contributed by atoms with Crippen LogP contribution in [-0.2, 0) is 22.4 Å². The Balaban J connectivity index is 1.42. The Labute approximate surface area is 207 Å². The Bertz CT molecular complexity index is 1180. The highest BCUT2D eigenvalue weighted by Crippen LogP contribution is 2.41. The summed E-state index contributed by atoms with van der Waals surface area (Å²) >= 11 is 0. The van der Waals surface area contributed by atoms with E-state index in [1.165, 1.54) is 21.4 Å². The number of carbonyl (C=O) groups excluding carboxylic acids is 2. The Morgan fingerprint density at radius 1 is 1.00 bits per heavy atom. The fourth-order valence-electron chi connectivity index (χ4n) is 6.00. The first-order valence-corrected chi connectivity index (χ1v) is 13.2. The van der Waals surface area contributed by atoms with E-state index in [1.807, 2.05) is 21.9 Å². The van der Waals surface area contributed by atoms with E-state index < -0.39 is 6.04 Å². The van der Waals surface area contributed by atoms with Crippen molar-refractivity contribution in [3.8, 4) is 0 Å². The summed E-state index contributed by atoms with van der Waals surface area (Å²) in [6.07, 6.45) is 3.17. The molecule has 2 amide bonds. The molecule has 5 rings (SSSR count). The van der Waals surface area contributed by atoms with Crippen molar-refractivity contribution >= 4 is 22.7 Å². The third-order valence-electron chi connectivity index (χ3n) is 7.97. The molecule has 184 valence electrons. The van der Waals surface area contributed by atoms with Crippen molar-refractivity contribution in [3.63, 3.8) is 0 Å². The van der Waals surface area contributed by atoms with Gasteiger partial charge < -0.3 is 19.7 Å². The summed E-state index contributed by atoms with van der Waals surface area (Å²) in [7, 11) is 0. The van der Waals surface area contributed by atoms with Gasteiger partial charge >= 0.3 is 0 Å². The fraction of sp³-hybridized carbons (Fsp3) is 0.448. The van der Waals surface area contributed by atoms with Crippen LogP contribution < -0.4 is 4.90 Å². The van der Waals surface area contributed by atoms with Gasteiger partial charge in [0.25, 0.3) is 0 Å².